The molecule has 0 amide bonds. The van der Waals surface area contributed by atoms with Crippen molar-refractivity contribution < 1.29 is 29.9 Å². The highest BCUT2D eigenvalue weighted by molar-refractivity contribution is 5.60. The summed E-state index contributed by atoms with van der Waals surface area (Å²) in [5, 5.41) is 39.1. The average Bonchev–Trinajstić information content (AvgIpc) is 2.66. The third-order valence-electron chi connectivity index (χ3n) is 4.15. The molecule has 0 aliphatic rings. The SMILES string of the molecule is COc1cc(CC(CO)c2cc(/C=C/CO)cc(OC)c2O)ccc1O. The van der Waals surface area contributed by atoms with Crippen molar-refractivity contribution in [3.8, 4) is 23.0 Å². The van der Waals surface area contributed by atoms with Gasteiger partial charge in [-0.3, -0.25) is 0 Å². The normalized spacial score (nSPS) is 12.3. The van der Waals surface area contributed by atoms with Crippen LogP contribution >= 0.6 is 0 Å². The predicted molar refractivity (Wildman–Crippen MR) is 99.0 cm³/mol. The van der Waals surface area contributed by atoms with Gasteiger partial charge in [-0.25, -0.2) is 0 Å². The highest BCUT2D eigenvalue weighted by atomic mass is 16.5. The zero-order valence-electron chi connectivity index (χ0n) is 14.8. The lowest BCUT2D eigenvalue weighted by molar-refractivity contribution is 0.260. The van der Waals surface area contributed by atoms with Crippen LogP contribution in [-0.2, 0) is 6.42 Å². The molecular formula is C20H24O6. The minimum absolute atomic E-state index is 0.0292. The van der Waals surface area contributed by atoms with Crippen LogP contribution in [0.3, 0.4) is 0 Å². The fourth-order valence-electron chi connectivity index (χ4n) is 2.81. The van der Waals surface area contributed by atoms with Gasteiger partial charge in [-0.15, -0.1) is 0 Å². The van der Waals surface area contributed by atoms with E-state index in [1.165, 1.54) is 20.3 Å². The van der Waals surface area contributed by atoms with Gasteiger partial charge in [0, 0.05) is 11.5 Å². The first-order valence-corrected chi connectivity index (χ1v) is 8.19. The second-order valence-electron chi connectivity index (χ2n) is 5.84. The van der Waals surface area contributed by atoms with E-state index < -0.39 is 0 Å². The van der Waals surface area contributed by atoms with Gasteiger partial charge in [0.25, 0.3) is 0 Å². The highest BCUT2D eigenvalue weighted by Gasteiger charge is 2.20. The molecule has 2 rings (SSSR count). The average molecular weight is 360 g/mol. The Labute approximate surface area is 152 Å². The number of aliphatic hydroxyl groups excluding tert-OH is 2. The molecular weight excluding hydrogens is 336 g/mol. The summed E-state index contributed by atoms with van der Waals surface area (Å²) >= 11 is 0. The van der Waals surface area contributed by atoms with Crippen LogP contribution in [0.2, 0.25) is 0 Å². The van der Waals surface area contributed by atoms with Crippen LogP contribution in [0.15, 0.2) is 36.4 Å². The number of methoxy groups -OCH3 is 2. The fourth-order valence-corrected chi connectivity index (χ4v) is 2.81. The van der Waals surface area contributed by atoms with E-state index in [9.17, 15) is 15.3 Å². The topological polar surface area (TPSA) is 99.4 Å². The third kappa shape index (κ3) is 4.47. The lowest BCUT2D eigenvalue weighted by Crippen LogP contribution is -2.09. The third-order valence-corrected chi connectivity index (χ3v) is 4.15. The Morgan fingerprint density at radius 1 is 1.00 bits per heavy atom. The first-order chi connectivity index (χ1) is 12.5. The summed E-state index contributed by atoms with van der Waals surface area (Å²) in [5.41, 5.74) is 2.12. The van der Waals surface area contributed by atoms with E-state index in [0.717, 1.165) is 11.1 Å². The van der Waals surface area contributed by atoms with Crippen LogP contribution in [0.5, 0.6) is 23.0 Å². The molecule has 4 N–H and O–H groups in total. The molecule has 0 aliphatic carbocycles. The molecule has 0 fully saturated rings. The molecule has 1 atom stereocenters. The molecule has 6 heteroatoms. The molecule has 0 radical (unpaired) electrons. The fraction of sp³-hybridized carbons (Fsp3) is 0.300. The number of hydrogen-bond donors (Lipinski definition) is 4. The van der Waals surface area contributed by atoms with E-state index >= 15 is 0 Å². The summed E-state index contributed by atoms with van der Waals surface area (Å²) in [6.45, 7) is -0.289. The zero-order chi connectivity index (χ0) is 19.1. The van der Waals surface area contributed by atoms with E-state index in [0.29, 0.717) is 23.5 Å². The summed E-state index contributed by atoms with van der Waals surface area (Å²) in [5.74, 6) is 0.263. The first kappa shape index (κ1) is 19.6. The molecule has 0 saturated carbocycles. The van der Waals surface area contributed by atoms with Gasteiger partial charge in [-0.2, -0.15) is 0 Å². The van der Waals surface area contributed by atoms with Crippen molar-refractivity contribution in [1.29, 1.82) is 0 Å². The van der Waals surface area contributed by atoms with Crippen LogP contribution in [0.25, 0.3) is 6.08 Å². The quantitative estimate of drug-likeness (QED) is 0.577. The minimum Gasteiger partial charge on any atom is -0.504 e. The van der Waals surface area contributed by atoms with Crippen molar-refractivity contribution in [2.75, 3.05) is 27.4 Å². The zero-order valence-corrected chi connectivity index (χ0v) is 14.8. The van der Waals surface area contributed by atoms with Crippen molar-refractivity contribution in [1.82, 2.24) is 0 Å². The Morgan fingerprint density at radius 3 is 2.35 bits per heavy atom. The molecule has 2 aromatic rings. The van der Waals surface area contributed by atoms with E-state index in [-0.39, 0.29) is 30.6 Å². The molecule has 6 nitrogen and oxygen atoms in total. The maximum atomic E-state index is 10.5. The van der Waals surface area contributed by atoms with Crippen LogP contribution < -0.4 is 9.47 Å². The molecule has 0 bridgehead atoms. The van der Waals surface area contributed by atoms with Gasteiger partial charge >= 0.3 is 0 Å². The van der Waals surface area contributed by atoms with Crippen LogP contribution in [0, 0.1) is 0 Å². The molecule has 2 aromatic carbocycles. The van der Waals surface area contributed by atoms with Gasteiger partial charge in [0.05, 0.1) is 27.4 Å². The lowest BCUT2D eigenvalue weighted by Gasteiger charge is -2.19. The lowest BCUT2D eigenvalue weighted by atomic mass is 9.90. The van der Waals surface area contributed by atoms with Gasteiger partial charge < -0.3 is 29.9 Å². The standard InChI is InChI=1S/C20H24O6/c1-25-18-10-14(5-6-17(18)23)8-15(12-22)16-9-13(4-3-7-21)11-19(26-2)20(16)24/h3-6,9-11,15,21-24H,7-8,12H2,1-2H3/b4-3+. The molecule has 0 aromatic heterocycles. The van der Waals surface area contributed by atoms with Gasteiger partial charge in [0.2, 0.25) is 0 Å². The number of aromatic hydroxyl groups is 2. The Hall–Kier alpha value is -2.70. The summed E-state index contributed by atoms with van der Waals surface area (Å²) in [7, 11) is 2.92. The number of hydrogen-bond acceptors (Lipinski definition) is 6. The first-order valence-electron chi connectivity index (χ1n) is 8.19. The van der Waals surface area contributed by atoms with E-state index in [1.54, 1.807) is 36.4 Å². The Bertz CT molecular complexity index is 769. The summed E-state index contributed by atoms with van der Waals surface area (Å²) in [4.78, 5) is 0. The van der Waals surface area contributed by atoms with Crippen molar-refractivity contribution in [3.63, 3.8) is 0 Å². The smallest absolute Gasteiger partial charge is 0.161 e. The number of phenolic OH excluding ortho intramolecular Hbond substituents is 2. The second-order valence-corrected chi connectivity index (χ2v) is 5.84. The molecule has 140 valence electrons. The molecule has 26 heavy (non-hydrogen) atoms. The number of rotatable bonds is 8. The summed E-state index contributed by atoms with van der Waals surface area (Å²) in [6.07, 6.45) is 3.72. The number of aliphatic hydroxyl groups is 2. The van der Waals surface area contributed by atoms with Crippen LogP contribution in [0.4, 0.5) is 0 Å². The van der Waals surface area contributed by atoms with E-state index in [4.69, 9.17) is 14.6 Å². The monoisotopic (exact) mass is 360 g/mol. The predicted octanol–water partition coefficient (Wildman–Crippen LogP) is 2.44. The van der Waals surface area contributed by atoms with Crippen molar-refractivity contribution >= 4 is 6.08 Å². The van der Waals surface area contributed by atoms with Crippen LogP contribution in [0.1, 0.15) is 22.6 Å². The summed E-state index contributed by atoms with van der Waals surface area (Å²) < 4.78 is 10.3. The number of ether oxygens (including phenoxy) is 2. The largest absolute Gasteiger partial charge is 0.504 e. The van der Waals surface area contributed by atoms with E-state index in [1.807, 2.05) is 0 Å². The summed E-state index contributed by atoms with van der Waals surface area (Å²) in [6, 6.07) is 8.38. The van der Waals surface area contributed by atoms with Gasteiger partial charge in [-0.1, -0.05) is 18.2 Å². The maximum Gasteiger partial charge on any atom is 0.161 e. The van der Waals surface area contributed by atoms with Crippen molar-refractivity contribution in [2.24, 2.45) is 0 Å². The molecule has 1 unspecified atom stereocenters. The van der Waals surface area contributed by atoms with Gasteiger partial charge in [0.1, 0.15) is 0 Å². The van der Waals surface area contributed by atoms with Crippen molar-refractivity contribution in [2.45, 2.75) is 12.3 Å². The molecule has 0 saturated heterocycles. The van der Waals surface area contributed by atoms with Gasteiger partial charge in [-0.05, 0) is 41.8 Å². The highest BCUT2D eigenvalue weighted by Crippen LogP contribution is 2.38. The molecule has 0 heterocycles. The van der Waals surface area contributed by atoms with E-state index in [2.05, 4.69) is 0 Å². The number of benzene rings is 2. The minimum atomic E-state index is -0.388. The Morgan fingerprint density at radius 2 is 1.73 bits per heavy atom. The maximum absolute atomic E-state index is 10.5. The Kier molecular flexibility index (Phi) is 6.89. The molecule has 0 aliphatic heterocycles. The second kappa shape index (κ2) is 9.12. The molecule has 0 spiro atoms. The van der Waals surface area contributed by atoms with Gasteiger partial charge in [0.15, 0.2) is 23.0 Å². The van der Waals surface area contributed by atoms with Crippen molar-refractivity contribution in [3.05, 3.63) is 53.1 Å². The Balaban J connectivity index is 2.41. The number of phenols is 2. The van der Waals surface area contributed by atoms with Crippen LogP contribution in [-0.4, -0.2) is 47.9 Å².